The number of halogens is 1. The van der Waals surface area contributed by atoms with Crippen LogP contribution in [0.25, 0.3) is 0 Å². The van der Waals surface area contributed by atoms with Gasteiger partial charge in [-0.15, -0.1) is 0 Å². The number of amides is 1. The zero-order valence-corrected chi connectivity index (χ0v) is 13.3. The van der Waals surface area contributed by atoms with Crippen LogP contribution in [0.2, 0.25) is 5.02 Å². The molecule has 1 aromatic carbocycles. The van der Waals surface area contributed by atoms with Gasteiger partial charge in [0.25, 0.3) is 0 Å². The summed E-state index contributed by atoms with van der Waals surface area (Å²) in [4.78, 5) is 24.8. The van der Waals surface area contributed by atoms with E-state index in [1.807, 2.05) is 19.1 Å². The van der Waals surface area contributed by atoms with Gasteiger partial charge in [-0.05, 0) is 38.6 Å². The molecule has 0 aliphatic carbocycles. The van der Waals surface area contributed by atoms with Crippen LogP contribution < -0.4 is 5.32 Å². The van der Waals surface area contributed by atoms with Crippen molar-refractivity contribution >= 4 is 23.5 Å². The van der Waals surface area contributed by atoms with Gasteiger partial charge >= 0.3 is 5.97 Å². The lowest BCUT2D eigenvalue weighted by molar-refractivity contribution is -0.144. The van der Waals surface area contributed by atoms with E-state index in [4.69, 9.17) is 16.3 Å². The average molecular weight is 313 g/mol. The quantitative estimate of drug-likeness (QED) is 0.783. The SMILES string of the molecule is CCOC(=O)CN(C)CC(=O)NC(C)c1ccc(Cl)cc1. The van der Waals surface area contributed by atoms with E-state index >= 15 is 0 Å². The van der Waals surface area contributed by atoms with E-state index in [-0.39, 0.29) is 31.0 Å². The van der Waals surface area contributed by atoms with E-state index in [1.54, 1.807) is 31.0 Å². The van der Waals surface area contributed by atoms with Gasteiger partial charge in [0.2, 0.25) is 5.91 Å². The van der Waals surface area contributed by atoms with Crippen molar-refractivity contribution in [2.75, 3.05) is 26.7 Å². The molecule has 1 atom stereocenters. The van der Waals surface area contributed by atoms with Crippen LogP contribution in [0.1, 0.15) is 25.5 Å². The first-order chi connectivity index (χ1) is 9.92. The minimum atomic E-state index is -0.335. The van der Waals surface area contributed by atoms with Gasteiger partial charge < -0.3 is 10.1 Å². The Bertz CT molecular complexity index is 476. The van der Waals surface area contributed by atoms with Gasteiger partial charge in [-0.1, -0.05) is 23.7 Å². The lowest BCUT2D eigenvalue weighted by Crippen LogP contribution is -2.38. The minimum absolute atomic E-state index is 0.0938. The Morgan fingerprint density at radius 1 is 1.29 bits per heavy atom. The van der Waals surface area contributed by atoms with Crippen molar-refractivity contribution in [3.63, 3.8) is 0 Å². The molecule has 1 amide bonds. The number of likely N-dealkylation sites (N-methyl/N-ethyl adjacent to an activating group) is 1. The molecule has 6 heteroatoms. The summed E-state index contributed by atoms with van der Waals surface area (Å²) in [6.07, 6.45) is 0. The van der Waals surface area contributed by atoms with Crippen molar-refractivity contribution in [2.24, 2.45) is 0 Å². The first kappa shape index (κ1) is 17.5. The molecule has 0 spiro atoms. The predicted molar refractivity (Wildman–Crippen MR) is 82.1 cm³/mol. The monoisotopic (exact) mass is 312 g/mol. The van der Waals surface area contributed by atoms with E-state index in [0.717, 1.165) is 5.56 Å². The zero-order chi connectivity index (χ0) is 15.8. The van der Waals surface area contributed by atoms with Crippen molar-refractivity contribution < 1.29 is 14.3 Å². The summed E-state index contributed by atoms with van der Waals surface area (Å²) in [5.74, 6) is -0.484. The maximum atomic E-state index is 11.9. The summed E-state index contributed by atoms with van der Waals surface area (Å²) in [5.41, 5.74) is 0.973. The van der Waals surface area contributed by atoms with Gasteiger partial charge in [0.05, 0.1) is 25.7 Å². The fourth-order valence-electron chi connectivity index (χ4n) is 1.85. The Balaban J connectivity index is 2.42. The molecule has 0 heterocycles. The Morgan fingerprint density at radius 2 is 1.90 bits per heavy atom. The number of hydrogen-bond donors (Lipinski definition) is 1. The topological polar surface area (TPSA) is 58.6 Å². The zero-order valence-electron chi connectivity index (χ0n) is 12.6. The van der Waals surface area contributed by atoms with Crippen LogP contribution in [0.3, 0.4) is 0 Å². The molecule has 1 aromatic rings. The molecule has 116 valence electrons. The summed E-state index contributed by atoms with van der Waals surface area (Å²) in [7, 11) is 1.70. The highest BCUT2D eigenvalue weighted by molar-refractivity contribution is 6.30. The van der Waals surface area contributed by atoms with E-state index in [2.05, 4.69) is 5.32 Å². The highest BCUT2D eigenvalue weighted by atomic mass is 35.5. The molecule has 1 unspecified atom stereocenters. The van der Waals surface area contributed by atoms with Crippen LogP contribution in [-0.2, 0) is 14.3 Å². The minimum Gasteiger partial charge on any atom is -0.465 e. The van der Waals surface area contributed by atoms with E-state index < -0.39 is 0 Å². The van der Waals surface area contributed by atoms with Gasteiger partial charge in [0.1, 0.15) is 0 Å². The van der Waals surface area contributed by atoms with E-state index in [0.29, 0.717) is 11.6 Å². The second kappa shape index (κ2) is 8.64. The van der Waals surface area contributed by atoms with Crippen molar-refractivity contribution in [1.29, 1.82) is 0 Å². The number of carbonyl (C=O) groups is 2. The molecule has 0 radical (unpaired) electrons. The lowest BCUT2D eigenvalue weighted by atomic mass is 10.1. The third kappa shape index (κ3) is 6.60. The molecule has 0 fully saturated rings. The third-order valence-electron chi connectivity index (χ3n) is 2.87. The molecule has 0 saturated carbocycles. The van der Waals surface area contributed by atoms with E-state index in [9.17, 15) is 9.59 Å². The summed E-state index contributed by atoms with van der Waals surface area (Å²) in [6, 6.07) is 7.19. The van der Waals surface area contributed by atoms with Crippen molar-refractivity contribution in [2.45, 2.75) is 19.9 Å². The number of rotatable bonds is 7. The maximum Gasteiger partial charge on any atom is 0.320 e. The van der Waals surface area contributed by atoms with Crippen LogP contribution in [0.15, 0.2) is 24.3 Å². The largest absolute Gasteiger partial charge is 0.465 e. The number of carbonyl (C=O) groups excluding carboxylic acids is 2. The van der Waals surface area contributed by atoms with Gasteiger partial charge in [0.15, 0.2) is 0 Å². The highest BCUT2D eigenvalue weighted by Gasteiger charge is 2.14. The summed E-state index contributed by atoms with van der Waals surface area (Å²) < 4.78 is 4.83. The summed E-state index contributed by atoms with van der Waals surface area (Å²) in [6.45, 7) is 4.21. The van der Waals surface area contributed by atoms with E-state index in [1.165, 1.54) is 0 Å². The van der Waals surface area contributed by atoms with Crippen LogP contribution in [-0.4, -0.2) is 43.5 Å². The predicted octanol–water partition coefficient (Wildman–Crippen LogP) is 2.01. The standard InChI is InChI=1S/C15H21ClN2O3/c1-4-21-15(20)10-18(3)9-14(19)17-11(2)12-5-7-13(16)8-6-12/h5-8,11H,4,9-10H2,1-3H3,(H,17,19). The Kier molecular flexibility index (Phi) is 7.19. The second-order valence-electron chi connectivity index (χ2n) is 4.82. The number of esters is 1. The second-order valence-corrected chi connectivity index (χ2v) is 5.25. The first-order valence-electron chi connectivity index (χ1n) is 6.81. The lowest BCUT2D eigenvalue weighted by Gasteiger charge is -2.18. The van der Waals surface area contributed by atoms with Crippen LogP contribution in [0.5, 0.6) is 0 Å². The van der Waals surface area contributed by atoms with Crippen molar-refractivity contribution in [1.82, 2.24) is 10.2 Å². The van der Waals surface area contributed by atoms with Crippen LogP contribution in [0, 0.1) is 0 Å². The molecular weight excluding hydrogens is 292 g/mol. The Labute approximate surface area is 130 Å². The molecule has 1 rings (SSSR count). The molecular formula is C15H21ClN2O3. The Morgan fingerprint density at radius 3 is 2.48 bits per heavy atom. The fourth-order valence-corrected chi connectivity index (χ4v) is 1.98. The summed E-state index contributed by atoms with van der Waals surface area (Å²) in [5, 5.41) is 3.53. The molecule has 0 aliphatic heterocycles. The summed E-state index contributed by atoms with van der Waals surface area (Å²) >= 11 is 5.83. The normalized spacial score (nSPS) is 12.0. The van der Waals surface area contributed by atoms with Gasteiger partial charge in [-0.3, -0.25) is 14.5 Å². The van der Waals surface area contributed by atoms with Gasteiger partial charge in [-0.2, -0.15) is 0 Å². The van der Waals surface area contributed by atoms with Gasteiger partial charge in [0, 0.05) is 5.02 Å². The molecule has 0 aromatic heterocycles. The van der Waals surface area contributed by atoms with Crippen LogP contribution >= 0.6 is 11.6 Å². The molecule has 0 aliphatic rings. The molecule has 21 heavy (non-hydrogen) atoms. The highest BCUT2D eigenvalue weighted by Crippen LogP contribution is 2.15. The third-order valence-corrected chi connectivity index (χ3v) is 3.12. The van der Waals surface area contributed by atoms with Crippen molar-refractivity contribution in [3.8, 4) is 0 Å². The molecule has 5 nitrogen and oxygen atoms in total. The van der Waals surface area contributed by atoms with Crippen molar-refractivity contribution in [3.05, 3.63) is 34.9 Å². The van der Waals surface area contributed by atoms with Gasteiger partial charge in [-0.25, -0.2) is 0 Å². The van der Waals surface area contributed by atoms with Crippen LogP contribution in [0.4, 0.5) is 0 Å². The number of nitrogens with zero attached hydrogens (tertiary/aromatic N) is 1. The average Bonchev–Trinajstić information content (AvgIpc) is 2.38. The number of hydrogen-bond acceptors (Lipinski definition) is 4. The molecule has 0 bridgehead atoms. The fraction of sp³-hybridized carbons (Fsp3) is 0.467. The Hall–Kier alpha value is -1.59. The number of nitrogens with one attached hydrogen (secondary N) is 1. The smallest absolute Gasteiger partial charge is 0.320 e. The number of benzene rings is 1. The number of ether oxygens (including phenoxy) is 1. The first-order valence-corrected chi connectivity index (χ1v) is 7.19. The maximum absolute atomic E-state index is 11.9. The molecule has 0 saturated heterocycles. The molecule has 1 N–H and O–H groups in total.